The van der Waals surface area contributed by atoms with Gasteiger partial charge in [0.1, 0.15) is 11.9 Å². The van der Waals surface area contributed by atoms with E-state index in [1.54, 1.807) is 13.8 Å². The average Bonchev–Trinajstić information content (AvgIpc) is 3.89. The molecule has 3 N–H and O–H groups in total. The lowest BCUT2D eigenvalue weighted by molar-refractivity contribution is -0.199. The van der Waals surface area contributed by atoms with Crippen LogP contribution in [0.5, 0.6) is 0 Å². The van der Waals surface area contributed by atoms with E-state index in [2.05, 4.69) is 35.7 Å². The maximum Gasteiger partial charge on any atom is 0.490 e. The van der Waals surface area contributed by atoms with Crippen molar-refractivity contribution in [3.63, 3.8) is 0 Å². The standard InChI is InChI=1S/C28H30F5N7O4/c1-13-20(14(2)39-38-13)17-8-9-19(35-24(17)30)36-25(41)22(21(15-4-5-15)16-6-7-16)37-26(42)23-18(29)12-34-40(23)10-3-11-44-27(43)28(31,32)33/h8-9,12,15-16,21-22H,3-7,10-11H2,1-2H3,(H,37,42)(H,38,39)(H,35,36,41)/t22-/m0/s1. The van der Waals surface area contributed by atoms with Crippen molar-refractivity contribution in [1.29, 1.82) is 0 Å². The molecule has 0 spiro atoms. The van der Waals surface area contributed by atoms with E-state index < -0.39 is 54.1 Å². The molecule has 0 aromatic carbocycles. The molecule has 2 fully saturated rings. The predicted octanol–water partition coefficient (Wildman–Crippen LogP) is 4.23. The summed E-state index contributed by atoms with van der Waals surface area (Å²) < 4.78 is 71.9. The molecule has 0 bridgehead atoms. The van der Waals surface area contributed by atoms with E-state index in [0.717, 1.165) is 36.6 Å². The van der Waals surface area contributed by atoms with Gasteiger partial charge in [0.2, 0.25) is 11.9 Å². The van der Waals surface area contributed by atoms with Gasteiger partial charge in [0.15, 0.2) is 11.5 Å². The summed E-state index contributed by atoms with van der Waals surface area (Å²) in [5.41, 5.74) is 1.44. The maximum atomic E-state index is 15.1. The van der Waals surface area contributed by atoms with Crippen LogP contribution in [0.3, 0.4) is 0 Å². The maximum absolute atomic E-state index is 15.1. The van der Waals surface area contributed by atoms with Crippen molar-refractivity contribution in [2.24, 2.45) is 17.8 Å². The van der Waals surface area contributed by atoms with Crippen LogP contribution >= 0.6 is 0 Å². The van der Waals surface area contributed by atoms with Gasteiger partial charge in [0.05, 0.1) is 18.5 Å². The van der Waals surface area contributed by atoms with E-state index in [1.807, 2.05) is 0 Å². The summed E-state index contributed by atoms with van der Waals surface area (Å²) in [6.45, 7) is 2.58. The summed E-state index contributed by atoms with van der Waals surface area (Å²) in [6.07, 6.45) is -1.15. The van der Waals surface area contributed by atoms with Gasteiger partial charge in [-0.15, -0.1) is 0 Å². The number of nitrogens with one attached hydrogen (secondary N) is 3. The third kappa shape index (κ3) is 6.89. The Hall–Kier alpha value is -4.37. The first-order chi connectivity index (χ1) is 20.8. The molecule has 3 aromatic heterocycles. The molecular weight excluding hydrogens is 593 g/mol. The van der Waals surface area contributed by atoms with Crippen molar-refractivity contribution in [3.05, 3.63) is 47.2 Å². The number of aromatic amines is 1. The van der Waals surface area contributed by atoms with E-state index in [-0.39, 0.29) is 42.1 Å². The van der Waals surface area contributed by atoms with Crippen LogP contribution in [0.1, 0.15) is 54.0 Å². The smallest absolute Gasteiger partial charge is 0.459 e. The molecule has 2 aliphatic carbocycles. The molecule has 3 aromatic rings. The second-order valence-electron chi connectivity index (χ2n) is 11.1. The quantitative estimate of drug-likeness (QED) is 0.119. The van der Waals surface area contributed by atoms with Gasteiger partial charge in [0.25, 0.3) is 5.91 Å². The molecule has 0 saturated heterocycles. The fraction of sp³-hybridized carbons (Fsp3) is 0.500. The Morgan fingerprint density at radius 2 is 1.80 bits per heavy atom. The first-order valence-electron chi connectivity index (χ1n) is 14.1. The van der Waals surface area contributed by atoms with Gasteiger partial charge in [-0.3, -0.25) is 19.4 Å². The van der Waals surface area contributed by atoms with Crippen LogP contribution in [0.25, 0.3) is 11.1 Å². The van der Waals surface area contributed by atoms with Crippen LogP contribution in [0, 0.1) is 43.4 Å². The van der Waals surface area contributed by atoms with Crippen molar-refractivity contribution < 1.29 is 41.1 Å². The van der Waals surface area contributed by atoms with Crippen molar-refractivity contribution in [2.45, 2.75) is 64.7 Å². The number of ether oxygens (including phenoxy) is 1. The molecule has 236 valence electrons. The molecule has 5 rings (SSSR count). The number of carbonyl (C=O) groups is 3. The van der Waals surface area contributed by atoms with Gasteiger partial charge in [-0.1, -0.05) is 0 Å². The molecular formula is C28H30F5N7O4. The molecule has 0 unspecified atom stereocenters. The number of pyridine rings is 1. The summed E-state index contributed by atoms with van der Waals surface area (Å²) in [5.74, 6) is -5.81. The number of hydrogen-bond donors (Lipinski definition) is 3. The number of esters is 1. The second-order valence-corrected chi connectivity index (χ2v) is 11.1. The topological polar surface area (TPSA) is 144 Å². The number of alkyl halides is 3. The van der Waals surface area contributed by atoms with Gasteiger partial charge in [-0.25, -0.2) is 14.2 Å². The summed E-state index contributed by atoms with van der Waals surface area (Å²) >= 11 is 0. The fourth-order valence-corrected chi connectivity index (χ4v) is 5.50. The number of hydrogen-bond acceptors (Lipinski definition) is 7. The Labute approximate surface area is 247 Å². The molecule has 11 nitrogen and oxygen atoms in total. The van der Waals surface area contributed by atoms with E-state index in [9.17, 15) is 31.9 Å². The summed E-state index contributed by atoms with van der Waals surface area (Å²) in [7, 11) is 0. The number of rotatable bonds is 12. The minimum atomic E-state index is -5.15. The third-order valence-electron chi connectivity index (χ3n) is 7.77. The second kappa shape index (κ2) is 12.3. The molecule has 2 amide bonds. The lowest BCUT2D eigenvalue weighted by Gasteiger charge is -2.27. The Morgan fingerprint density at radius 3 is 2.36 bits per heavy atom. The summed E-state index contributed by atoms with van der Waals surface area (Å²) in [4.78, 5) is 41.8. The van der Waals surface area contributed by atoms with Gasteiger partial charge in [0, 0.05) is 29.8 Å². The largest absolute Gasteiger partial charge is 0.490 e. The Morgan fingerprint density at radius 1 is 1.11 bits per heavy atom. The molecule has 44 heavy (non-hydrogen) atoms. The van der Waals surface area contributed by atoms with E-state index in [1.165, 1.54) is 12.1 Å². The summed E-state index contributed by atoms with van der Waals surface area (Å²) in [5, 5.41) is 15.8. The van der Waals surface area contributed by atoms with Crippen LogP contribution < -0.4 is 10.6 Å². The molecule has 3 heterocycles. The lowest BCUT2D eigenvalue weighted by Crippen LogP contribution is -2.50. The first kappa shape index (κ1) is 31.1. The Balaban J connectivity index is 1.31. The Bertz CT molecular complexity index is 1530. The lowest BCUT2D eigenvalue weighted by atomic mass is 9.88. The molecule has 0 radical (unpaired) electrons. The van der Waals surface area contributed by atoms with Gasteiger partial charge in [-0.05, 0) is 69.4 Å². The Kier molecular flexibility index (Phi) is 8.70. The highest BCUT2D eigenvalue weighted by molar-refractivity contribution is 6.00. The highest BCUT2D eigenvalue weighted by atomic mass is 19.4. The normalized spacial score (nSPS) is 15.7. The fourth-order valence-electron chi connectivity index (χ4n) is 5.50. The van der Waals surface area contributed by atoms with Crippen LogP contribution in [-0.2, 0) is 20.9 Å². The number of carbonyl (C=O) groups excluding carboxylic acids is 3. The first-order valence-corrected chi connectivity index (χ1v) is 14.1. The van der Waals surface area contributed by atoms with Crippen molar-refractivity contribution in [3.8, 4) is 11.1 Å². The van der Waals surface area contributed by atoms with Crippen molar-refractivity contribution in [2.75, 3.05) is 11.9 Å². The summed E-state index contributed by atoms with van der Waals surface area (Å²) in [6, 6.07) is 1.79. The zero-order valence-corrected chi connectivity index (χ0v) is 23.8. The number of amides is 2. The van der Waals surface area contributed by atoms with Crippen molar-refractivity contribution in [1.82, 2.24) is 30.3 Å². The van der Waals surface area contributed by atoms with Gasteiger partial charge < -0.3 is 15.4 Å². The van der Waals surface area contributed by atoms with Crippen molar-refractivity contribution >= 4 is 23.6 Å². The number of anilines is 1. The minimum absolute atomic E-state index is 0.0794. The van der Waals surface area contributed by atoms with Crippen LogP contribution in [0.2, 0.25) is 0 Å². The minimum Gasteiger partial charge on any atom is -0.459 e. The zero-order chi connectivity index (χ0) is 31.8. The van der Waals surface area contributed by atoms with E-state index in [4.69, 9.17) is 0 Å². The van der Waals surface area contributed by atoms with Crippen LogP contribution in [0.4, 0.5) is 27.8 Å². The molecule has 1 atom stereocenters. The molecule has 16 heteroatoms. The zero-order valence-electron chi connectivity index (χ0n) is 23.8. The monoisotopic (exact) mass is 623 g/mol. The van der Waals surface area contributed by atoms with Crippen LogP contribution in [0.15, 0.2) is 18.3 Å². The molecule has 0 aliphatic heterocycles. The number of H-pyrrole nitrogens is 1. The SMILES string of the molecule is Cc1n[nH]c(C)c1-c1ccc(NC(=O)[C@@H](NC(=O)c2c(F)cnn2CCCOC(=O)C(F)(F)F)C(C2CC2)C2CC2)nc1F. The molecule has 2 aliphatic rings. The average molecular weight is 624 g/mol. The number of halogens is 5. The predicted molar refractivity (Wildman–Crippen MR) is 144 cm³/mol. The third-order valence-corrected chi connectivity index (χ3v) is 7.77. The van der Waals surface area contributed by atoms with E-state index in [0.29, 0.717) is 17.0 Å². The highest BCUT2D eigenvalue weighted by Gasteiger charge is 2.48. The van der Waals surface area contributed by atoms with Gasteiger partial charge >= 0.3 is 12.1 Å². The number of aromatic nitrogens is 5. The van der Waals surface area contributed by atoms with Crippen LogP contribution in [-0.4, -0.2) is 61.6 Å². The highest BCUT2D eigenvalue weighted by Crippen LogP contribution is 2.51. The number of aryl methyl sites for hydroxylation is 3. The van der Waals surface area contributed by atoms with Gasteiger partial charge in [-0.2, -0.15) is 27.8 Å². The number of nitrogens with zero attached hydrogens (tertiary/aromatic N) is 4. The molecule has 2 saturated carbocycles. The van der Waals surface area contributed by atoms with E-state index >= 15 is 4.39 Å².